The highest BCUT2D eigenvalue weighted by atomic mass is 16.5. The van der Waals surface area contributed by atoms with Crippen molar-refractivity contribution in [2.75, 3.05) is 46.4 Å². The van der Waals surface area contributed by atoms with E-state index >= 15 is 0 Å². The van der Waals surface area contributed by atoms with Gasteiger partial charge >= 0.3 is 0 Å². The number of hydrogen-bond donors (Lipinski definition) is 1. The molecule has 5 nitrogen and oxygen atoms in total. The van der Waals surface area contributed by atoms with Gasteiger partial charge in [-0.2, -0.15) is 0 Å². The van der Waals surface area contributed by atoms with Crippen LogP contribution in [0.4, 0.5) is 0 Å². The van der Waals surface area contributed by atoms with Crippen LogP contribution in [-0.2, 0) is 16.0 Å². The van der Waals surface area contributed by atoms with E-state index in [1.165, 1.54) is 5.56 Å². The zero-order valence-corrected chi connectivity index (χ0v) is 13.5. The Bertz CT molecular complexity index is 469. The maximum atomic E-state index is 12.2. The SMILES string of the molecule is Cc1ccc(CC(=O)N(C)CC(O)CN2CCOCC2)cc1. The van der Waals surface area contributed by atoms with E-state index in [1.807, 2.05) is 31.2 Å². The number of ether oxygens (including phenoxy) is 1. The third kappa shape index (κ3) is 5.40. The molecule has 0 radical (unpaired) electrons. The second-order valence-corrected chi connectivity index (χ2v) is 6.00. The Balaban J connectivity index is 1.76. The number of carbonyl (C=O) groups is 1. The standard InChI is InChI=1S/C17H26N2O3/c1-14-3-5-15(6-4-14)11-17(21)18(2)12-16(20)13-19-7-9-22-10-8-19/h3-6,16,20H,7-13H2,1-2H3. The van der Waals surface area contributed by atoms with Crippen LogP contribution in [0.2, 0.25) is 0 Å². The zero-order valence-electron chi connectivity index (χ0n) is 13.5. The zero-order chi connectivity index (χ0) is 15.9. The van der Waals surface area contributed by atoms with Crippen LogP contribution in [0.3, 0.4) is 0 Å². The van der Waals surface area contributed by atoms with Crippen LogP contribution in [0.5, 0.6) is 0 Å². The van der Waals surface area contributed by atoms with Gasteiger partial charge in [0.25, 0.3) is 0 Å². The van der Waals surface area contributed by atoms with E-state index in [1.54, 1.807) is 11.9 Å². The second kappa shape index (κ2) is 8.27. The number of rotatable bonds is 6. The maximum Gasteiger partial charge on any atom is 0.226 e. The first-order valence-electron chi connectivity index (χ1n) is 7.82. The van der Waals surface area contributed by atoms with Crippen molar-refractivity contribution in [2.24, 2.45) is 0 Å². The molecule has 1 aromatic carbocycles. The Morgan fingerprint density at radius 2 is 1.95 bits per heavy atom. The van der Waals surface area contributed by atoms with Gasteiger partial charge in [-0.15, -0.1) is 0 Å². The maximum absolute atomic E-state index is 12.2. The van der Waals surface area contributed by atoms with Crippen LogP contribution in [0, 0.1) is 6.92 Å². The molecule has 5 heteroatoms. The Hall–Kier alpha value is -1.43. The highest BCUT2D eigenvalue weighted by Crippen LogP contribution is 2.06. The van der Waals surface area contributed by atoms with Gasteiger partial charge in [-0.05, 0) is 12.5 Å². The van der Waals surface area contributed by atoms with Crippen molar-refractivity contribution >= 4 is 5.91 Å². The number of amides is 1. The lowest BCUT2D eigenvalue weighted by atomic mass is 10.1. The molecule has 1 aliphatic heterocycles. The summed E-state index contributed by atoms with van der Waals surface area (Å²) in [7, 11) is 1.75. The first-order chi connectivity index (χ1) is 10.5. The van der Waals surface area contributed by atoms with Crippen LogP contribution in [-0.4, -0.2) is 73.4 Å². The van der Waals surface area contributed by atoms with Crippen molar-refractivity contribution in [3.05, 3.63) is 35.4 Å². The number of morpholine rings is 1. The number of nitrogens with zero attached hydrogens (tertiary/aromatic N) is 2. The summed E-state index contributed by atoms with van der Waals surface area (Å²) in [5.41, 5.74) is 2.19. The van der Waals surface area contributed by atoms with Crippen molar-refractivity contribution in [3.8, 4) is 0 Å². The molecule has 0 aliphatic carbocycles. The van der Waals surface area contributed by atoms with Gasteiger partial charge in [-0.25, -0.2) is 0 Å². The molecule has 122 valence electrons. The van der Waals surface area contributed by atoms with Gasteiger partial charge in [0.2, 0.25) is 5.91 Å². The minimum atomic E-state index is -0.523. The summed E-state index contributed by atoms with van der Waals surface area (Å²) < 4.78 is 5.29. The molecule has 0 spiro atoms. The quantitative estimate of drug-likeness (QED) is 0.840. The largest absolute Gasteiger partial charge is 0.390 e. The molecule has 1 atom stereocenters. The molecule has 1 aromatic rings. The predicted octanol–water partition coefficient (Wildman–Crippen LogP) is 0.689. The van der Waals surface area contributed by atoms with E-state index in [2.05, 4.69) is 4.90 Å². The van der Waals surface area contributed by atoms with Gasteiger partial charge in [0, 0.05) is 33.2 Å². The Labute approximate surface area is 132 Å². The van der Waals surface area contributed by atoms with Crippen LogP contribution in [0.1, 0.15) is 11.1 Å². The number of aliphatic hydroxyl groups is 1. The van der Waals surface area contributed by atoms with Gasteiger partial charge in [-0.1, -0.05) is 29.8 Å². The molecule has 1 amide bonds. The number of likely N-dealkylation sites (N-methyl/N-ethyl adjacent to an activating group) is 1. The third-order valence-corrected chi connectivity index (χ3v) is 3.96. The van der Waals surface area contributed by atoms with Gasteiger partial charge in [0.1, 0.15) is 0 Å². The molecule has 1 fully saturated rings. The first-order valence-corrected chi connectivity index (χ1v) is 7.82. The minimum Gasteiger partial charge on any atom is -0.390 e. The summed E-state index contributed by atoms with van der Waals surface area (Å²) in [4.78, 5) is 16.0. The summed E-state index contributed by atoms with van der Waals surface area (Å²) >= 11 is 0. The number of β-amino-alcohol motifs (C(OH)–C–C–N with tert-alkyl or cyclic N) is 1. The third-order valence-electron chi connectivity index (χ3n) is 3.96. The van der Waals surface area contributed by atoms with Crippen molar-refractivity contribution in [2.45, 2.75) is 19.4 Å². The molecular weight excluding hydrogens is 280 g/mol. The van der Waals surface area contributed by atoms with Gasteiger partial charge in [-0.3, -0.25) is 9.69 Å². The Morgan fingerprint density at radius 1 is 1.32 bits per heavy atom. The lowest BCUT2D eigenvalue weighted by molar-refractivity contribution is -0.130. The topological polar surface area (TPSA) is 53.0 Å². The number of carbonyl (C=O) groups excluding carboxylic acids is 1. The summed E-state index contributed by atoms with van der Waals surface area (Å²) in [6.07, 6.45) is -0.147. The molecule has 1 aliphatic rings. The van der Waals surface area contributed by atoms with Gasteiger partial charge in [0.15, 0.2) is 0 Å². The summed E-state index contributed by atoms with van der Waals surface area (Å²) in [5.74, 6) is 0.0323. The van der Waals surface area contributed by atoms with E-state index in [0.29, 0.717) is 19.5 Å². The van der Waals surface area contributed by atoms with Gasteiger partial charge in [0.05, 0.1) is 25.7 Å². The average molecular weight is 306 g/mol. The van der Waals surface area contributed by atoms with Crippen LogP contribution in [0.15, 0.2) is 24.3 Å². The number of benzene rings is 1. The lowest BCUT2D eigenvalue weighted by Crippen LogP contribution is -2.45. The van der Waals surface area contributed by atoms with E-state index < -0.39 is 6.10 Å². The normalized spacial score (nSPS) is 17.2. The molecular formula is C17H26N2O3. The number of aryl methyl sites for hydroxylation is 1. The molecule has 22 heavy (non-hydrogen) atoms. The fourth-order valence-electron chi connectivity index (χ4n) is 2.57. The minimum absolute atomic E-state index is 0.0323. The fraction of sp³-hybridized carbons (Fsp3) is 0.588. The van der Waals surface area contributed by atoms with Crippen molar-refractivity contribution < 1.29 is 14.6 Å². The molecule has 2 rings (SSSR count). The number of aliphatic hydroxyl groups excluding tert-OH is 1. The summed E-state index contributed by atoms with van der Waals surface area (Å²) in [5, 5.41) is 10.1. The predicted molar refractivity (Wildman–Crippen MR) is 85.8 cm³/mol. The monoisotopic (exact) mass is 306 g/mol. The molecule has 1 unspecified atom stereocenters. The smallest absolute Gasteiger partial charge is 0.226 e. The number of hydrogen-bond acceptors (Lipinski definition) is 4. The first kappa shape index (κ1) is 16.9. The van der Waals surface area contributed by atoms with Crippen molar-refractivity contribution in [1.82, 2.24) is 9.80 Å². The Morgan fingerprint density at radius 3 is 2.59 bits per heavy atom. The van der Waals surface area contributed by atoms with Gasteiger partial charge < -0.3 is 14.7 Å². The fourth-order valence-corrected chi connectivity index (χ4v) is 2.57. The highest BCUT2D eigenvalue weighted by molar-refractivity contribution is 5.78. The highest BCUT2D eigenvalue weighted by Gasteiger charge is 2.18. The van der Waals surface area contributed by atoms with E-state index in [9.17, 15) is 9.90 Å². The molecule has 1 N–H and O–H groups in total. The lowest BCUT2D eigenvalue weighted by Gasteiger charge is -2.30. The Kier molecular flexibility index (Phi) is 6.36. The molecule has 1 heterocycles. The summed E-state index contributed by atoms with van der Waals surface area (Å²) in [6.45, 7) is 6.10. The molecule has 0 aromatic heterocycles. The molecule has 1 saturated heterocycles. The van der Waals surface area contributed by atoms with E-state index in [-0.39, 0.29) is 5.91 Å². The van der Waals surface area contributed by atoms with Crippen LogP contribution in [0.25, 0.3) is 0 Å². The van der Waals surface area contributed by atoms with Crippen molar-refractivity contribution in [1.29, 1.82) is 0 Å². The second-order valence-electron chi connectivity index (χ2n) is 6.00. The van der Waals surface area contributed by atoms with E-state index in [0.717, 1.165) is 31.9 Å². The molecule has 0 bridgehead atoms. The van der Waals surface area contributed by atoms with Crippen LogP contribution >= 0.6 is 0 Å². The van der Waals surface area contributed by atoms with E-state index in [4.69, 9.17) is 4.74 Å². The van der Waals surface area contributed by atoms with Crippen LogP contribution < -0.4 is 0 Å². The average Bonchev–Trinajstić information content (AvgIpc) is 2.50. The van der Waals surface area contributed by atoms with Crippen molar-refractivity contribution in [3.63, 3.8) is 0 Å². The summed E-state index contributed by atoms with van der Waals surface area (Å²) in [6, 6.07) is 7.97. The molecule has 0 saturated carbocycles.